The molecular formula is C21H27N3O4. The first-order valence-electron chi connectivity index (χ1n) is 9.78. The van der Waals surface area contributed by atoms with Crippen LogP contribution in [0.15, 0.2) is 39.9 Å². The molecule has 1 fully saturated rings. The van der Waals surface area contributed by atoms with Crippen LogP contribution in [0.1, 0.15) is 61.5 Å². The molecule has 1 aromatic heterocycles. The number of carbonyl (C=O) groups is 1. The topological polar surface area (TPSA) is 104 Å². The zero-order chi connectivity index (χ0) is 20.3. The number of nitrogens with one attached hydrogen (secondary N) is 2. The van der Waals surface area contributed by atoms with Crippen LogP contribution in [0.25, 0.3) is 0 Å². The third-order valence-electron chi connectivity index (χ3n) is 5.27. The highest BCUT2D eigenvalue weighted by atomic mass is 16.3. The molecule has 1 amide bonds. The van der Waals surface area contributed by atoms with Gasteiger partial charge in [0, 0.05) is 12.6 Å². The number of H-pyrrole nitrogens is 1. The third-order valence-corrected chi connectivity index (χ3v) is 5.27. The molecule has 1 aliphatic rings. The number of rotatable bonds is 5. The summed E-state index contributed by atoms with van der Waals surface area (Å²) >= 11 is 0. The van der Waals surface area contributed by atoms with Crippen molar-refractivity contribution >= 4 is 5.91 Å². The molecule has 0 spiro atoms. The summed E-state index contributed by atoms with van der Waals surface area (Å²) < 4.78 is 0.918. The second-order valence-corrected chi connectivity index (χ2v) is 7.90. The lowest BCUT2D eigenvalue weighted by molar-refractivity contribution is 0.0916. The van der Waals surface area contributed by atoms with Gasteiger partial charge in [-0.25, -0.2) is 4.79 Å². The molecule has 0 unspecified atom stereocenters. The Morgan fingerprint density at radius 2 is 1.82 bits per heavy atom. The summed E-state index contributed by atoms with van der Waals surface area (Å²) in [6.07, 6.45) is 3.52. The number of aromatic amines is 1. The van der Waals surface area contributed by atoms with Crippen LogP contribution >= 0.6 is 0 Å². The van der Waals surface area contributed by atoms with Crippen molar-refractivity contribution in [3.63, 3.8) is 0 Å². The van der Waals surface area contributed by atoms with Crippen LogP contribution in [0.5, 0.6) is 5.75 Å². The first-order valence-corrected chi connectivity index (χ1v) is 9.78. The van der Waals surface area contributed by atoms with E-state index >= 15 is 0 Å². The summed E-state index contributed by atoms with van der Waals surface area (Å²) in [6, 6.07) is 10.3. The number of benzene rings is 1. The number of carbonyl (C=O) groups excluding carboxylic acids is 1. The molecule has 2 aromatic rings. The maximum absolute atomic E-state index is 12.5. The van der Waals surface area contributed by atoms with E-state index in [1.165, 1.54) is 5.56 Å². The van der Waals surface area contributed by atoms with E-state index in [0.29, 0.717) is 5.92 Å². The second kappa shape index (κ2) is 8.46. The molecule has 3 rings (SSSR count). The maximum atomic E-state index is 12.5. The Morgan fingerprint density at radius 3 is 2.43 bits per heavy atom. The van der Waals surface area contributed by atoms with E-state index in [1.807, 2.05) is 32.0 Å². The summed E-state index contributed by atoms with van der Waals surface area (Å²) in [5, 5.41) is 13.0. The minimum Gasteiger partial charge on any atom is -0.501 e. The maximum Gasteiger partial charge on any atom is 0.329 e. The number of nitrogens with zero attached hydrogens (tertiary/aromatic N) is 1. The zero-order valence-corrected chi connectivity index (χ0v) is 16.3. The van der Waals surface area contributed by atoms with Gasteiger partial charge in [-0.1, -0.05) is 44.2 Å². The number of aromatic hydroxyl groups is 1. The molecule has 0 saturated heterocycles. The SMILES string of the molecule is CC(C)Cn1c(=O)[nH]c(C(=O)N[C@H]2CC[C@@H](c3ccccc3)CC2)c(O)c1=O. The van der Waals surface area contributed by atoms with Crippen LogP contribution in [0.4, 0.5) is 0 Å². The Labute approximate surface area is 163 Å². The molecule has 28 heavy (non-hydrogen) atoms. The first-order chi connectivity index (χ1) is 13.4. The number of hydrogen-bond acceptors (Lipinski definition) is 4. The van der Waals surface area contributed by atoms with Crippen molar-refractivity contribution in [1.29, 1.82) is 0 Å². The molecule has 0 bridgehead atoms. The standard InChI is InChI=1S/C21H27N3O4/c1-13(2)12-24-20(27)18(25)17(23-21(24)28)19(26)22-16-10-8-15(9-11-16)14-6-4-3-5-7-14/h3-7,13,15-16,25H,8-12H2,1-2H3,(H,22,26)(H,23,28)/t15-,16+. The van der Waals surface area contributed by atoms with Crippen molar-refractivity contribution in [3.05, 3.63) is 62.4 Å². The summed E-state index contributed by atoms with van der Waals surface area (Å²) in [6.45, 7) is 3.89. The van der Waals surface area contributed by atoms with Gasteiger partial charge in [0.25, 0.3) is 11.5 Å². The quantitative estimate of drug-likeness (QED) is 0.735. The molecule has 1 aromatic carbocycles. The highest BCUT2D eigenvalue weighted by Crippen LogP contribution is 2.32. The second-order valence-electron chi connectivity index (χ2n) is 7.90. The molecular weight excluding hydrogens is 358 g/mol. The Kier molecular flexibility index (Phi) is 6.02. The van der Waals surface area contributed by atoms with E-state index in [1.54, 1.807) is 0 Å². The van der Waals surface area contributed by atoms with Gasteiger partial charge < -0.3 is 10.4 Å². The van der Waals surface area contributed by atoms with Crippen LogP contribution in [0.3, 0.4) is 0 Å². The highest BCUT2D eigenvalue weighted by Gasteiger charge is 2.26. The van der Waals surface area contributed by atoms with Crippen LogP contribution in [-0.4, -0.2) is 26.6 Å². The van der Waals surface area contributed by atoms with Crippen molar-refractivity contribution in [2.75, 3.05) is 0 Å². The van der Waals surface area contributed by atoms with E-state index < -0.39 is 22.9 Å². The van der Waals surface area contributed by atoms with Crippen LogP contribution in [0.2, 0.25) is 0 Å². The van der Waals surface area contributed by atoms with E-state index in [-0.39, 0.29) is 24.2 Å². The lowest BCUT2D eigenvalue weighted by atomic mass is 9.82. The van der Waals surface area contributed by atoms with E-state index in [0.717, 1.165) is 30.3 Å². The fraction of sp³-hybridized carbons (Fsp3) is 0.476. The van der Waals surface area contributed by atoms with Crippen molar-refractivity contribution in [2.24, 2.45) is 5.92 Å². The number of amides is 1. The molecule has 3 N–H and O–H groups in total. The molecule has 150 valence electrons. The fourth-order valence-corrected chi connectivity index (χ4v) is 3.81. The van der Waals surface area contributed by atoms with Crippen molar-refractivity contribution in [3.8, 4) is 5.75 Å². The molecule has 0 radical (unpaired) electrons. The largest absolute Gasteiger partial charge is 0.501 e. The average molecular weight is 385 g/mol. The summed E-state index contributed by atoms with van der Waals surface area (Å²) in [7, 11) is 0. The Balaban J connectivity index is 1.67. The van der Waals surface area contributed by atoms with Crippen molar-refractivity contribution < 1.29 is 9.90 Å². The van der Waals surface area contributed by atoms with E-state index in [9.17, 15) is 19.5 Å². The Bertz CT molecular complexity index is 938. The predicted molar refractivity (Wildman–Crippen MR) is 107 cm³/mol. The summed E-state index contributed by atoms with van der Waals surface area (Å²) in [4.78, 5) is 39.3. The van der Waals surface area contributed by atoms with Gasteiger partial charge in [-0.15, -0.1) is 0 Å². The predicted octanol–water partition coefficient (Wildman–Crippen LogP) is 2.35. The Morgan fingerprint density at radius 1 is 1.18 bits per heavy atom. The lowest BCUT2D eigenvalue weighted by Gasteiger charge is -2.29. The molecule has 1 saturated carbocycles. The lowest BCUT2D eigenvalue weighted by Crippen LogP contribution is -2.42. The average Bonchev–Trinajstić information content (AvgIpc) is 2.69. The smallest absolute Gasteiger partial charge is 0.329 e. The Hall–Kier alpha value is -2.83. The van der Waals surface area contributed by atoms with E-state index in [4.69, 9.17) is 0 Å². The third kappa shape index (κ3) is 4.35. The van der Waals surface area contributed by atoms with Crippen LogP contribution in [-0.2, 0) is 6.54 Å². The van der Waals surface area contributed by atoms with E-state index in [2.05, 4.69) is 22.4 Å². The van der Waals surface area contributed by atoms with Crippen LogP contribution in [0, 0.1) is 5.92 Å². The van der Waals surface area contributed by atoms with Gasteiger partial charge in [0.15, 0.2) is 5.69 Å². The molecule has 7 heteroatoms. The van der Waals surface area contributed by atoms with Gasteiger partial charge in [0.05, 0.1) is 0 Å². The molecule has 1 aliphatic carbocycles. The van der Waals surface area contributed by atoms with Gasteiger partial charge in [-0.3, -0.25) is 19.1 Å². The summed E-state index contributed by atoms with van der Waals surface area (Å²) in [5.74, 6) is -0.803. The van der Waals surface area contributed by atoms with Gasteiger partial charge in [0.1, 0.15) is 0 Å². The van der Waals surface area contributed by atoms with Gasteiger partial charge in [-0.05, 0) is 43.1 Å². The number of aromatic nitrogens is 2. The number of hydrogen-bond donors (Lipinski definition) is 3. The minimum atomic E-state index is -0.838. The van der Waals surface area contributed by atoms with Crippen molar-refractivity contribution in [2.45, 2.75) is 58.0 Å². The zero-order valence-electron chi connectivity index (χ0n) is 16.3. The van der Waals surface area contributed by atoms with Gasteiger partial charge in [-0.2, -0.15) is 0 Å². The molecule has 1 heterocycles. The first kappa shape index (κ1) is 19.9. The monoisotopic (exact) mass is 385 g/mol. The fourth-order valence-electron chi connectivity index (χ4n) is 3.81. The van der Waals surface area contributed by atoms with Gasteiger partial charge >= 0.3 is 5.69 Å². The van der Waals surface area contributed by atoms with Crippen molar-refractivity contribution in [1.82, 2.24) is 14.9 Å². The van der Waals surface area contributed by atoms with Gasteiger partial charge in [0.2, 0.25) is 5.75 Å². The normalized spacial score (nSPS) is 19.5. The molecule has 0 atom stereocenters. The molecule has 7 nitrogen and oxygen atoms in total. The summed E-state index contributed by atoms with van der Waals surface area (Å²) in [5.41, 5.74) is -0.576. The highest BCUT2D eigenvalue weighted by molar-refractivity contribution is 5.94. The molecule has 0 aliphatic heterocycles. The minimum absolute atomic E-state index is 0.0477. The van der Waals surface area contributed by atoms with Crippen LogP contribution < -0.4 is 16.6 Å².